The molecule has 6 heteroatoms. The Bertz CT molecular complexity index is 694. The lowest BCUT2D eigenvalue weighted by Gasteiger charge is -2.07. The summed E-state index contributed by atoms with van der Waals surface area (Å²) < 4.78 is 24.9. The Balaban J connectivity index is 2.56. The highest BCUT2D eigenvalue weighted by Gasteiger charge is 2.18. The summed E-state index contributed by atoms with van der Waals surface area (Å²) in [5.74, 6) is 0. The lowest BCUT2D eigenvalue weighted by molar-refractivity contribution is 0.595. The maximum atomic E-state index is 12.5. The zero-order valence-corrected chi connectivity index (χ0v) is 11.3. The number of aromatic nitrogens is 1. The van der Waals surface area contributed by atoms with Crippen LogP contribution in [-0.4, -0.2) is 13.4 Å². The quantitative estimate of drug-likeness (QED) is 0.823. The predicted octanol–water partition coefficient (Wildman–Crippen LogP) is 1.26. The Kier molecular flexibility index (Phi) is 3.55. The van der Waals surface area contributed by atoms with Crippen LogP contribution < -0.4 is 11.5 Å². The number of sulfone groups is 1. The fourth-order valence-electron chi connectivity index (χ4n) is 1.75. The van der Waals surface area contributed by atoms with Crippen LogP contribution in [0.1, 0.15) is 11.4 Å². The topological polar surface area (TPSA) is 99.1 Å². The van der Waals surface area contributed by atoms with Gasteiger partial charge in [0.15, 0.2) is 0 Å². The van der Waals surface area contributed by atoms with E-state index in [1.54, 1.807) is 19.1 Å². The number of nitrogens with two attached hydrogens (primary N) is 2. The third-order valence-electron chi connectivity index (χ3n) is 2.69. The minimum absolute atomic E-state index is 0.199. The molecule has 0 atom stereocenters. The molecule has 0 aliphatic heterocycles. The second kappa shape index (κ2) is 4.99. The summed E-state index contributed by atoms with van der Waals surface area (Å²) in [5, 5.41) is 0. The van der Waals surface area contributed by atoms with Crippen LogP contribution in [0.15, 0.2) is 46.2 Å². The molecule has 0 unspecified atom stereocenters. The molecule has 0 amide bonds. The van der Waals surface area contributed by atoms with Crippen LogP contribution in [0.25, 0.3) is 0 Å². The van der Waals surface area contributed by atoms with Crippen molar-refractivity contribution in [2.24, 2.45) is 5.73 Å². The molecule has 2 aromatic rings. The van der Waals surface area contributed by atoms with Crippen molar-refractivity contribution >= 4 is 15.5 Å². The van der Waals surface area contributed by atoms with Gasteiger partial charge in [-0.05, 0) is 43.3 Å². The van der Waals surface area contributed by atoms with Crippen LogP contribution >= 0.6 is 0 Å². The van der Waals surface area contributed by atoms with Crippen molar-refractivity contribution in [3.63, 3.8) is 0 Å². The van der Waals surface area contributed by atoms with Crippen molar-refractivity contribution in [3.05, 3.63) is 47.8 Å². The summed E-state index contributed by atoms with van der Waals surface area (Å²) in [6, 6.07) is 9.13. The van der Waals surface area contributed by atoms with E-state index in [2.05, 4.69) is 4.98 Å². The standard InChI is InChI=1S/C13H15N3O2S/c1-9-6-13(7-11(8-14)16-9)19(17,18)12-4-2-10(15)3-5-12/h2-7H,8,14-15H2,1H3. The van der Waals surface area contributed by atoms with Gasteiger partial charge in [0, 0.05) is 17.9 Å². The van der Waals surface area contributed by atoms with Crippen molar-refractivity contribution in [1.82, 2.24) is 4.98 Å². The Morgan fingerprint density at radius 1 is 1.11 bits per heavy atom. The fraction of sp³-hybridized carbons (Fsp3) is 0.154. The number of nitrogen functional groups attached to an aromatic ring is 1. The van der Waals surface area contributed by atoms with Gasteiger partial charge in [-0.2, -0.15) is 0 Å². The minimum atomic E-state index is -3.56. The molecule has 2 rings (SSSR count). The first-order valence-electron chi connectivity index (χ1n) is 5.72. The minimum Gasteiger partial charge on any atom is -0.399 e. The molecule has 4 N–H and O–H groups in total. The predicted molar refractivity (Wildman–Crippen MR) is 73.2 cm³/mol. The number of anilines is 1. The highest BCUT2D eigenvalue weighted by atomic mass is 32.2. The van der Waals surface area contributed by atoms with E-state index in [-0.39, 0.29) is 16.3 Å². The largest absolute Gasteiger partial charge is 0.399 e. The van der Waals surface area contributed by atoms with Gasteiger partial charge >= 0.3 is 0 Å². The molecule has 0 saturated carbocycles. The van der Waals surface area contributed by atoms with Gasteiger partial charge in [0.25, 0.3) is 0 Å². The summed E-state index contributed by atoms with van der Waals surface area (Å²) in [4.78, 5) is 4.57. The van der Waals surface area contributed by atoms with Gasteiger partial charge in [-0.15, -0.1) is 0 Å². The Morgan fingerprint density at radius 2 is 1.74 bits per heavy atom. The zero-order valence-electron chi connectivity index (χ0n) is 10.5. The first kappa shape index (κ1) is 13.5. The summed E-state index contributed by atoms with van der Waals surface area (Å²) in [6.07, 6.45) is 0. The molecule has 0 aliphatic rings. The summed E-state index contributed by atoms with van der Waals surface area (Å²) in [6.45, 7) is 1.94. The second-order valence-electron chi connectivity index (χ2n) is 4.21. The third-order valence-corrected chi connectivity index (χ3v) is 4.44. The van der Waals surface area contributed by atoms with Crippen molar-refractivity contribution in [2.75, 3.05) is 5.73 Å². The first-order valence-corrected chi connectivity index (χ1v) is 7.20. The van der Waals surface area contributed by atoms with Crippen LogP contribution in [0.2, 0.25) is 0 Å². The number of aryl methyl sites for hydroxylation is 1. The van der Waals surface area contributed by atoms with Crippen molar-refractivity contribution in [1.29, 1.82) is 0 Å². The first-order chi connectivity index (χ1) is 8.93. The Hall–Kier alpha value is -1.92. The van der Waals surface area contributed by atoms with Gasteiger partial charge < -0.3 is 11.5 Å². The molecule has 5 nitrogen and oxygen atoms in total. The number of hydrogen-bond acceptors (Lipinski definition) is 5. The average molecular weight is 277 g/mol. The molecule has 1 aromatic heterocycles. The van der Waals surface area contributed by atoms with Gasteiger partial charge in [-0.1, -0.05) is 0 Å². The normalized spacial score (nSPS) is 11.5. The Labute approximate surface area is 112 Å². The molecule has 0 spiro atoms. The number of rotatable bonds is 3. The molecule has 0 aliphatic carbocycles. The lowest BCUT2D eigenvalue weighted by Crippen LogP contribution is -2.07. The smallest absolute Gasteiger partial charge is 0.206 e. The number of pyridine rings is 1. The van der Waals surface area contributed by atoms with Crippen LogP contribution in [0.5, 0.6) is 0 Å². The van der Waals surface area contributed by atoms with Gasteiger partial charge in [0.2, 0.25) is 9.84 Å². The van der Waals surface area contributed by atoms with Gasteiger partial charge in [-0.3, -0.25) is 4.98 Å². The molecule has 0 bridgehead atoms. The molecule has 1 aromatic carbocycles. The number of benzene rings is 1. The molecule has 19 heavy (non-hydrogen) atoms. The van der Waals surface area contributed by atoms with Gasteiger partial charge in [0.1, 0.15) is 0 Å². The van der Waals surface area contributed by atoms with E-state index < -0.39 is 9.84 Å². The fourth-order valence-corrected chi connectivity index (χ4v) is 3.13. The molecule has 1 heterocycles. The highest BCUT2D eigenvalue weighted by molar-refractivity contribution is 7.91. The maximum absolute atomic E-state index is 12.5. The van der Waals surface area contributed by atoms with E-state index in [4.69, 9.17) is 11.5 Å². The molecule has 0 saturated heterocycles. The van der Waals surface area contributed by atoms with Crippen LogP contribution in [0, 0.1) is 6.92 Å². The molecule has 0 radical (unpaired) electrons. The lowest BCUT2D eigenvalue weighted by atomic mass is 10.3. The van der Waals surface area contributed by atoms with Crippen LogP contribution in [-0.2, 0) is 16.4 Å². The highest BCUT2D eigenvalue weighted by Crippen LogP contribution is 2.22. The van der Waals surface area contributed by atoms with Crippen molar-refractivity contribution in [2.45, 2.75) is 23.3 Å². The summed E-state index contributed by atoms with van der Waals surface area (Å²) in [7, 11) is -3.56. The number of hydrogen-bond donors (Lipinski definition) is 2. The summed E-state index contributed by atoms with van der Waals surface area (Å²) in [5.41, 5.74) is 12.8. The van der Waals surface area contributed by atoms with E-state index >= 15 is 0 Å². The van der Waals surface area contributed by atoms with E-state index in [9.17, 15) is 8.42 Å². The van der Waals surface area contributed by atoms with Gasteiger partial charge in [-0.25, -0.2) is 8.42 Å². The maximum Gasteiger partial charge on any atom is 0.206 e. The monoisotopic (exact) mass is 277 g/mol. The third kappa shape index (κ3) is 2.74. The molecule has 100 valence electrons. The zero-order chi connectivity index (χ0) is 14.0. The SMILES string of the molecule is Cc1cc(S(=O)(=O)c2ccc(N)cc2)cc(CN)n1. The Morgan fingerprint density at radius 3 is 2.32 bits per heavy atom. The van der Waals surface area contributed by atoms with E-state index in [1.165, 1.54) is 24.3 Å². The van der Waals surface area contributed by atoms with Crippen molar-refractivity contribution in [3.8, 4) is 0 Å². The second-order valence-corrected chi connectivity index (χ2v) is 6.16. The van der Waals surface area contributed by atoms with E-state index in [0.717, 1.165) is 0 Å². The van der Waals surface area contributed by atoms with Crippen molar-refractivity contribution < 1.29 is 8.42 Å². The van der Waals surface area contributed by atoms with Crippen LogP contribution in [0.3, 0.4) is 0 Å². The molecular weight excluding hydrogens is 262 g/mol. The molecular formula is C13H15N3O2S. The summed E-state index contributed by atoms with van der Waals surface area (Å²) >= 11 is 0. The van der Waals surface area contributed by atoms with E-state index in [1.807, 2.05) is 0 Å². The molecule has 0 fully saturated rings. The average Bonchev–Trinajstić information content (AvgIpc) is 2.38. The van der Waals surface area contributed by atoms with E-state index in [0.29, 0.717) is 17.1 Å². The van der Waals surface area contributed by atoms with Gasteiger partial charge in [0.05, 0.1) is 15.5 Å². The number of nitrogens with zero attached hydrogens (tertiary/aromatic N) is 1. The van der Waals surface area contributed by atoms with Crippen LogP contribution in [0.4, 0.5) is 5.69 Å².